The number of aliphatic hydroxyl groups is 1. The molecule has 1 heterocycles. The van der Waals surface area contributed by atoms with E-state index in [2.05, 4.69) is 15.3 Å². The topological polar surface area (TPSA) is 95.1 Å². The van der Waals surface area contributed by atoms with Crippen molar-refractivity contribution in [1.29, 1.82) is 0 Å². The number of nitrogens with one attached hydrogen (secondary N) is 2. The van der Waals surface area contributed by atoms with E-state index in [9.17, 15) is 14.0 Å². The quantitative estimate of drug-likeness (QED) is 0.783. The summed E-state index contributed by atoms with van der Waals surface area (Å²) in [6.45, 7) is 3.06. The molecule has 0 spiro atoms. The van der Waals surface area contributed by atoms with Gasteiger partial charge in [-0.2, -0.15) is 0 Å². The fraction of sp³-hybridized carbons (Fsp3) is 0.267. The minimum Gasteiger partial charge on any atom is -0.392 e. The molecule has 3 N–H and O–H groups in total. The minimum atomic E-state index is -0.612. The van der Waals surface area contributed by atoms with Crippen molar-refractivity contribution in [2.75, 3.05) is 0 Å². The Bertz CT molecular complexity index is 771. The van der Waals surface area contributed by atoms with Gasteiger partial charge in [0.1, 0.15) is 5.82 Å². The maximum Gasteiger partial charge on any atom is 0.279 e. The lowest BCUT2D eigenvalue weighted by Gasteiger charge is -2.07. The standard InChI is InChI=1S/C15H16FN3O3/c1-8-9(2)19-15(22)13(18-8)14(21)17-6-10-3-4-12(16)11(5-10)7-20/h3-5,20H,6-7H2,1-2H3,(H,17,21)(H,19,22). The third kappa shape index (κ3) is 3.37. The van der Waals surface area contributed by atoms with Gasteiger partial charge in [-0.25, -0.2) is 9.37 Å². The van der Waals surface area contributed by atoms with Crippen LogP contribution in [0.2, 0.25) is 0 Å². The monoisotopic (exact) mass is 305 g/mol. The van der Waals surface area contributed by atoms with Crippen molar-refractivity contribution >= 4 is 5.91 Å². The van der Waals surface area contributed by atoms with Gasteiger partial charge in [-0.15, -0.1) is 0 Å². The number of hydrogen-bond acceptors (Lipinski definition) is 4. The van der Waals surface area contributed by atoms with Gasteiger partial charge in [-0.3, -0.25) is 9.59 Å². The van der Waals surface area contributed by atoms with Gasteiger partial charge in [-0.05, 0) is 31.5 Å². The summed E-state index contributed by atoms with van der Waals surface area (Å²) >= 11 is 0. The molecule has 1 aromatic heterocycles. The number of benzene rings is 1. The average Bonchev–Trinajstić information content (AvgIpc) is 2.49. The number of hydrogen-bond donors (Lipinski definition) is 3. The lowest BCUT2D eigenvalue weighted by molar-refractivity contribution is 0.0944. The van der Waals surface area contributed by atoms with Gasteiger partial charge < -0.3 is 15.4 Å². The van der Waals surface area contributed by atoms with Crippen LogP contribution in [0.1, 0.15) is 33.0 Å². The summed E-state index contributed by atoms with van der Waals surface area (Å²) in [5.74, 6) is -1.12. The first kappa shape index (κ1) is 15.8. The van der Waals surface area contributed by atoms with Gasteiger partial charge in [0.2, 0.25) is 0 Å². The van der Waals surface area contributed by atoms with Gasteiger partial charge in [0.25, 0.3) is 11.5 Å². The van der Waals surface area contributed by atoms with Gasteiger partial charge in [0.05, 0.1) is 12.3 Å². The first-order chi connectivity index (χ1) is 10.4. The maximum atomic E-state index is 13.3. The molecule has 2 rings (SSSR count). The second kappa shape index (κ2) is 6.48. The Balaban J connectivity index is 2.13. The molecule has 0 aliphatic heterocycles. The molecule has 0 radical (unpaired) electrons. The largest absolute Gasteiger partial charge is 0.392 e. The van der Waals surface area contributed by atoms with Gasteiger partial charge in [0.15, 0.2) is 5.69 Å². The summed E-state index contributed by atoms with van der Waals surface area (Å²) in [5.41, 5.74) is 1.15. The zero-order chi connectivity index (χ0) is 16.3. The van der Waals surface area contributed by atoms with Crippen LogP contribution in [0.3, 0.4) is 0 Å². The highest BCUT2D eigenvalue weighted by atomic mass is 19.1. The summed E-state index contributed by atoms with van der Waals surface area (Å²) in [4.78, 5) is 30.3. The number of aromatic amines is 1. The summed E-state index contributed by atoms with van der Waals surface area (Å²) in [6.07, 6.45) is 0. The predicted octanol–water partition coefficient (Wildman–Crippen LogP) is 0.948. The van der Waals surface area contributed by atoms with Crippen LogP contribution in [0.25, 0.3) is 0 Å². The number of carbonyl (C=O) groups excluding carboxylic acids is 1. The van der Waals surface area contributed by atoms with E-state index in [1.165, 1.54) is 18.2 Å². The second-order valence-electron chi connectivity index (χ2n) is 4.89. The molecular formula is C15H16FN3O3. The third-order valence-corrected chi connectivity index (χ3v) is 3.29. The number of rotatable bonds is 4. The van der Waals surface area contributed by atoms with Crippen LogP contribution in [0.5, 0.6) is 0 Å². The fourth-order valence-electron chi connectivity index (χ4n) is 1.90. The number of nitrogens with zero attached hydrogens (tertiary/aromatic N) is 1. The van der Waals surface area contributed by atoms with Gasteiger partial charge in [0, 0.05) is 17.8 Å². The molecule has 0 fully saturated rings. The number of aliphatic hydroxyl groups excluding tert-OH is 1. The van der Waals surface area contributed by atoms with E-state index in [0.29, 0.717) is 17.0 Å². The van der Waals surface area contributed by atoms with E-state index in [1.54, 1.807) is 13.8 Å². The van der Waals surface area contributed by atoms with Crippen LogP contribution >= 0.6 is 0 Å². The van der Waals surface area contributed by atoms with E-state index < -0.39 is 23.9 Å². The number of aryl methyl sites for hydroxylation is 2. The molecular weight excluding hydrogens is 289 g/mol. The minimum absolute atomic E-state index is 0.0974. The van der Waals surface area contributed by atoms with Gasteiger partial charge in [-0.1, -0.05) is 6.07 Å². The van der Waals surface area contributed by atoms with E-state index in [1.807, 2.05) is 0 Å². The molecule has 0 aliphatic carbocycles. The molecule has 7 heteroatoms. The third-order valence-electron chi connectivity index (χ3n) is 3.29. The molecule has 116 valence electrons. The highest BCUT2D eigenvalue weighted by Crippen LogP contribution is 2.10. The molecule has 0 atom stereocenters. The maximum absolute atomic E-state index is 13.3. The van der Waals surface area contributed by atoms with Crippen molar-refractivity contribution < 1.29 is 14.3 Å². The fourth-order valence-corrected chi connectivity index (χ4v) is 1.90. The van der Waals surface area contributed by atoms with E-state index in [4.69, 9.17) is 5.11 Å². The van der Waals surface area contributed by atoms with Crippen molar-refractivity contribution in [3.63, 3.8) is 0 Å². The van der Waals surface area contributed by atoms with E-state index >= 15 is 0 Å². The van der Waals surface area contributed by atoms with E-state index in [-0.39, 0.29) is 17.8 Å². The molecule has 0 bridgehead atoms. The lowest BCUT2D eigenvalue weighted by Crippen LogP contribution is -2.31. The Labute approximate surface area is 126 Å². The van der Waals surface area contributed by atoms with Crippen LogP contribution in [-0.4, -0.2) is 21.0 Å². The van der Waals surface area contributed by atoms with Crippen molar-refractivity contribution in [3.05, 3.63) is 62.6 Å². The highest BCUT2D eigenvalue weighted by Gasteiger charge is 2.14. The van der Waals surface area contributed by atoms with Crippen LogP contribution in [0.4, 0.5) is 4.39 Å². The zero-order valence-electron chi connectivity index (χ0n) is 12.2. The Hall–Kier alpha value is -2.54. The first-order valence-corrected chi connectivity index (χ1v) is 6.66. The number of amides is 1. The zero-order valence-corrected chi connectivity index (χ0v) is 12.2. The summed E-state index contributed by atoms with van der Waals surface area (Å²) in [7, 11) is 0. The summed E-state index contributed by atoms with van der Waals surface area (Å²) < 4.78 is 13.3. The highest BCUT2D eigenvalue weighted by molar-refractivity contribution is 5.91. The summed E-state index contributed by atoms with van der Waals surface area (Å²) in [6, 6.07) is 4.16. The Morgan fingerprint density at radius 3 is 2.82 bits per heavy atom. The Morgan fingerprint density at radius 2 is 2.14 bits per heavy atom. The van der Waals surface area contributed by atoms with Gasteiger partial charge >= 0.3 is 0 Å². The molecule has 0 saturated heterocycles. The predicted molar refractivity (Wildman–Crippen MR) is 77.8 cm³/mol. The molecule has 2 aromatic rings. The molecule has 6 nitrogen and oxygen atoms in total. The van der Waals surface area contributed by atoms with E-state index in [0.717, 1.165) is 0 Å². The van der Waals surface area contributed by atoms with Crippen molar-refractivity contribution in [2.24, 2.45) is 0 Å². The van der Waals surface area contributed by atoms with Crippen LogP contribution in [0, 0.1) is 19.7 Å². The molecule has 22 heavy (non-hydrogen) atoms. The normalized spacial score (nSPS) is 10.5. The number of aromatic nitrogens is 2. The second-order valence-corrected chi connectivity index (χ2v) is 4.89. The molecule has 0 aliphatic rings. The Kier molecular flexibility index (Phi) is 4.67. The molecule has 1 aromatic carbocycles. The average molecular weight is 305 g/mol. The number of carbonyl (C=O) groups is 1. The van der Waals surface area contributed by atoms with Crippen LogP contribution in [-0.2, 0) is 13.2 Å². The SMILES string of the molecule is Cc1nc(C(=O)NCc2ccc(F)c(CO)c2)c(=O)[nH]c1C. The number of halogens is 1. The first-order valence-electron chi connectivity index (χ1n) is 6.66. The van der Waals surface area contributed by atoms with Crippen molar-refractivity contribution in [1.82, 2.24) is 15.3 Å². The molecule has 0 saturated carbocycles. The lowest BCUT2D eigenvalue weighted by atomic mass is 10.1. The molecule has 1 amide bonds. The van der Waals surface area contributed by atoms with Crippen molar-refractivity contribution in [2.45, 2.75) is 27.0 Å². The smallest absolute Gasteiger partial charge is 0.279 e. The summed E-state index contributed by atoms with van der Waals surface area (Å²) in [5, 5.41) is 11.6. The van der Waals surface area contributed by atoms with Crippen molar-refractivity contribution in [3.8, 4) is 0 Å². The number of H-pyrrole nitrogens is 1. The van der Waals surface area contributed by atoms with Crippen LogP contribution in [0.15, 0.2) is 23.0 Å². The Morgan fingerprint density at radius 1 is 1.41 bits per heavy atom. The molecule has 0 unspecified atom stereocenters. The van der Waals surface area contributed by atoms with Crippen LogP contribution < -0.4 is 10.9 Å².